The van der Waals surface area contributed by atoms with Crippen LogP contribution in [0.4, 0.5) is 23.5 Å². The molecule has 0 amide bonds. The first-order valence-electron chi connectivity index (χ1n) is 8.98. The summed E-state index contributed by atoms with van der Waals surface area (Å²) in [5, 5.41) is 5.86. The van der Waals surface area contributed by atoms with Crippen LogP contribution in [0.25, 0.3) is 0 Å². The van der Waals surface area contributed by atoms with Gasteiger partial charge in [0.25, 0.3) is 10.1 Å². The molecule has 1 aromatic heterocycles. The summed E-state index contributed by atoms with van der Waals surface area (Å²) in [4.78, 5) is 14.2. The van der Waals surface area contributed by atoms with Crippen molar-refractivity contribution in [2.24, 2.45) is 0 Å². The Bertz CT molecular complexity index is 1090. The molecular weight excluding hydrogens is 450 g/mol. The fourth-order valence-corrected chi connectivity index (χ4v) is 3.18. The van der Waals surface area contributed by atoms with Crippen molar-refractivity contribution < 1.29 is 26.1 Å². The number of nitrogens with zero attached hydrogens (tertiary/aromatic N) is 4. The summed E-state index contributed by atoms with van der Waals surface area (Å²) in [5.74, 6) is 0.765. The van der Waals surface area contributed by atoms with E-state index in [9.17, 15) is 21.4 Å². The van der Waals surface area contributed by atoms with Gasteiger partial charge in [0.2, 0.25) is 27.9 Å². The van der Waals surface area contributed by atoms with E-state index < -0.39 is 20.1 Å². The van der Waals surface area contributed by atoms with Gasteiger partial charge in [-0.15, -0.1) is 0 Å². The summed E-state index contributed by atoms with van der Waals surface area (Å²) in [6, 6.07) is 5.57. The number of nitrogens with one attached hydrogen (secondary N) is 3. The molecule has 0 saturated carbocycles. The third kappa shape index (κ3) is 8.97. The Morgan fingerprint density at radius 3 is 2.35 bits per heavy atom. The van der Waals surface area contributed by atoms with E-state index in [1.54, 1.807) is 25.1 Å². The molecule has 31 heavy (non-hydrogen) atoms. The fourth-order valence-electron chi connectivity index (χ4n) is 2.20. The van der Waals surface area contributed by atoms with Gasteiger partial charge in [0.1, 0.15) is 0 Å². The molecule has 2 aromatic rings. The maximum absolute atomic E-state index is 11.3. The van der Waals surface area contributed by atoms with Crippen LogP contribution in [0.1, 0.15) is 0 Å². The average Bonchev–Trinajstić information content (AvgIpc) is 2.65. The molecular formula is C16H25N7O6S2. The summed E-state index contributed by atoms with van der Waals surface area (Å²) in [7, 11) is -4.09. The minimum Gasteiger partial charge on any atom is -0.378 e. The van der Waals surface area contributed by atoms with E-state index in [0.717, 1.165) is 6.26 Å². The topological polar surface area (TPSA) is 176 Å². The number of benzene rings is 1. The zero-order valence-corrected chi connectivity index (χ0v) is 18.9. The third-order valence-electron chi connectivity index (χ3n) is 3.55. The zero-order chi connectivity index (χ0) is 23.1. The van der Waals surface area contributed by atoms with Crippen LogP contribution >= 0.6 is 0 Å². The van der Waals surface area contributed by atoms with Crippen molar-refractivity contribution in [3.05, 3.63) is 24.3 Å². The lowest BCUT2D eigenvalue weighted by atomic mass is 10.3. The second kappa shape index (κ2) is 10.6. The van der Waals surface area contributed by atoms with Crippen molar-refractivity contribution >= 4 is 43.7 Å². The molecule has 0 aliphatic carbocycles. The standard InChI is InChI=1S/C16H25N7O6S2/c1-23(2)16-21-14(17-7-9-29-10-8-18-30(3,24)25)20-15(22-16)19-12-5-4-6-13(11-12)31(26,27)28/h4-6,11,18H,7-10H2,1-3H3,(H,26,27,28)(H2,17,19,20,21,22). The Morgan fingerprint density at radius 1 is 1.03 bits per heavy atom. The maximum atomic E-state index is 11.3. The third-order valence-corrected chi connectivity index (χ3v) is 5.13. The predicted molar refractivity (Wildman–Crippen MR) is 116 cm³/mol. The summed E-state index contributed by atoms with van der Waals surface area (Å²) in [6.07, 6.45) is 1.07. The summed E-state index contributed by atoms with van der Waals surface area (Å²) < 4.78 is 61.4. The van der Waals surface area contributed by atoms with Crippen molar-refractivity contribution in [1.82, 2.24) is 19.7 Å². The minimum absolute atomic E-state index is 0.159. The van der Waals surface area contributed by atoms with E-state index in [4.69, 9.17) is 4.74 Å². The molecule has 0 unspecified atom stereocenters. The predicted octanol–water partition coefficient (Wildman–Crippen LogP) is -0.0944. The number of hydrogen-bond acceptors (Lipinski definition) is 11. The van der Waals surface area contributed by atoms with Crippen molar-refractivity contribution in [3.8, 4) is 0 Å². The molecule has 0 aliphatic heterocycles. The lowest BCUT2D eigenvalue weighted by Crippen LogP contribution is -2.26. The van der Waals surface area contributed by atoms with E-state index in [-0.39, 0.29) is 36.6 Å². The van der Waals surface area contributed by atoms with Crippen LogP contribution in [-0.4, -0.2) is 83.0 Å². The summed E-state index contributed by atoms with van der Waals surface area (Å²) in [5.41, 5.74) is 0.360. The minimum atomic E-state index is -4.34. The Morgan fingerprint density at radius 2 is 1.71 bits per heavy atom. The van der Waals surface area contributed by atoms with Gasteiger partial charge < -0.3 is 20.3 Å². The normalized spacial score (nSPS) is 11.9. The lowest BCUT2D eigenvalue weighted by Gasteiger charge is -2.14. The molecule has 4 N–H and O–H groups in total. The number of sulfonamides is 1. The van der Waals surface area contributed by atoms with Crippen molar-refractivity contribution in [1.29, 1.82) is 0 Å². The highest BCUT2D eigenvalue weighted by Gasteiger charge is 2.12. The smallest absolute Gasteiger partial charge is 0.294 e. The first-order chi connectivity index (χ1) is 14.4. The van der Waals surface area contributed by atoms with E-state index in [0.29, 0.717) is 18.2 Å². The number of anilines is 4. The Kier molecular flexibility index (Phi) is 8.46. The molecule has 0 spiro atoms. The molecule has 2 rings (SSSR count). The highest BCUT2D eigenvalue weighted by Crippen LogP contribution is 2.20. The van der Waals surface area contributed by atoms with Crippen LogP contribution in [0, 0.1) is 0 Å². The lowest BCUT2D eigenvalue weighted by molar-refractivity contribution is 0.149. The van der Waals surface area contributed by atoms with Gasteiger partial charge in [-0.25, -0.2) is 13.1 Å². The quantitative estimate of drug-likeness (QED) is 0.237. The summed E-state index contributed by atoms with van der Waals surface area (Å²) in [6.45, 7) is 1.03. The van der Waals surface area contributed by atoms with E-state index in [1.165, 1.54) is 18.2 Å². The zero-order valence-electron chi connectivity index (χ0n) is 17.2. The Labute approximate surface area is 181 Å². The molecule has 15 heteroatoms. The SMILES string of the molecule is CN(C)c1nc(NCCOCCNS(C)(=O)=O)nc(Nc2cccc(S(=O)(=O)O)c2)n1. The van der Waals surface area contributed by atoms with Crippen molar-refractivity contribution in [3.63, 3.8) is 0 Å². The van der Waals surface area contributed by atoms with Gasteiger partial charge in [-0.1, -0.05) is 6.07 Å². The molecule has 172 valence electrons. The molecule has 1 aromatic carbocycles. The number of rotatable bonds is 12. The maximum Gasteiger partial charge on any atom is 0.294 e. The highest BCUT2D eigenvalue weighted by atomic mass is 32.2. The molecule has 0 bridgehead atoms. The molecule has 0 atom stereocenters. The highest BCUT2D eigenvalue weighted by molar-refractivity contribution is 7.88. The molecule has 1 heterocycles. The second-order valence-electron chi connectivity index (χ2n) is 6.51. The van der Waals surface area contributed by atoms with E-state index in [1.807, 2.05) is 0 Å². The van der Waals surface area contributed by atoms with E-state index in [2.05, 4.69) is 30.3 Å². The second-order valence-corrected chi connectivity index (χ2v) is 9.77. The molecule has 0 saturated heterocycles. The van der Waals surface area contributed by atoms with Crippen LogP contribution in [0.2, 0.25) is 0 Å². The Balaban J connectivity index is 2.01. The molecule has 0 radical (unpaired) electrons. The first kappa shape index (κ1) is 24.7. The van der Waals surface area contributed by atoms with Crippen LogP contribution in [0.15, 0.2) is 29.2 Å². The van der Waals surface area contributed by atoms with Gasteiger partial charge in [-0.3, -0.25) is 4.55 Å². The first-order valence-corrected chi connectivity index (χ1v) is 12.3. The summed E-state index contributed by atoms with van der Waals surface area (Å²) >= 11 is 0. The van der Waals surface area contributed by atoms with Crippen LogP contribution in [-0.2, 0) is 24.9 Å². The number of hydrogen-bond donors (Lipinski definition) is 4. The van der Waals surface area contributed by atoms with Gasteiger partial charge in [-0.2, -0.15) is 23.4 Å². The fraction of sp³-hybridized carbons (Fsp3) is 0.438. The monoisotopic (exact) mass is 475 g/mol. The van der Waals surface area contributed by atoms with Gasteiger partial charge >= 0.3 is 0 Å². The number of ether oxygens (including phenoxy) is 1. The van der Waals surface area contributed by atoms with Gasteiger partial charge in [0, 0.05) is 32.9 Å². The number of aromatic nitrogens is 3. The van der Waals surface area contributed by atoms with Gasteiger partial charge in [-0.05, 0) is 18.2 Å². The largest absolute Gasteiger partial charge is 0.378 e. The van der Waals surface area contributed by atoms with Gasteiger partial charge in [0.15, 0.2) is 0 Å². The Hall–Kier alpha value is -2.59. The van der Waals surface area contributed by atoms with Crippen LogP contribution in [0.5, 0.6) is 0 Å². The van der Waals surface area contributed by atoms with E-state index >= 15 is 0 Å². The molecule has 0 fully saturated rings. The van der Waals surface area contributed by atoms with Crippen molar-refractivity contribution in [2.45, 2.75) is 4.90 Å². The average molecular weight is 476 g/mol. The van der Waals surface area contributed by atoms with Gasteiger partial charge in [0.05, 0.1) is 24.4 Å². The van der Waals surface area contributed by atoms with Crippen LogP contribution < -0.4 is 20.3 Å². The molecule has 13 nitrogen and oxygen atoms in total. The van der Waals surface area contributed by atoms with Crippen molar-refractivity contribution in [2.75, 3.05) is 62.2 Å². The van der Waals surface area contributed by atoms with Crippen LogP contribution in [0.3, 0.4) is 0 Å². The molecule has 0 aliphatic rings.